The summed E-state index contributed by atoms with van der Waals surface area (Å²) in [7, 11) is 1.67. The largest absolute Gasteiger partial charge is 0.478 e. The summed E-state index contributed by atoms with van der Waals surface area (Å²) in [5.41, 5.74) is 2.02. The molecule has 1 aliphatic heterocycles. The van der Waals surface area contributed by atoms with Crippen molar-refractivity contribution >= 4 is 35.1 Å². The zero-order valence-electron chi connectivity index (χ0n) is 14.9. The van der Waals surface area contributed by atoms with Gasteiger partial charge < -0.3 is 15.3 Å². The first-order valence-corrected chi connectivity index (χ1v) is 8.81. The van der Waals surface area contributed by atoms with Gasteiger partial charge >= 0.3 is 5.97 Å². The Labute approximate surface area is 161 Å². The van der Waals surface area contributed by atoms with Crippen molar-refractivity contribution in [3.8, 4) is 0 Å². The molecule has 0 aromatic heterocycles. The number of likely N-dealkylation sites (tertiary alicyclic amines) is 1. The van der Waals surface area contributed by atoms with Gasteiger partial charge in [-0.05, 0) is 48.4 Å². The van der Waals surface area contributed by atoms with Crippen LogP contribution in [0, 0.1) is 12.8 Å². The molecule has 2 unspecified atom stereocenters. The maximum atomic E-state index is 12.9. The number of aryl methyl sites for hydroxylation is 1. The number of nitrogens with one attached hydrogen (secondary N) is 1. The monoisotopic (exact) mass is 386 g/mol. The van der Waals surface area contributed by atoms with E-state index in [0.29, 0.717) is 16.3 Å². The number of halogens is 1. The summed E-state index contributed by atoms with van der Waals surface area (Å²) in [4.78, 5) is 37.8. The SMILES string of the molecule is Cc1cc(NC(=O)C2CC(=O)N(C)C2c2cccc(Cl)c2)ccc1C(=O)O. The number of carboxylic acids is 1. The summed E-state index contributed by atoms with van der Waals surface area (Å²) < 4.78 is 0. The number of carbonyl (C=O) groups excluding carboxylic acids is 2. The number of carboxylic acid groups (broad SMARTS) is 1. The number of amides is 2. The van der Waals surface area contributed by atoms with Crippen LogP contribution in [0.25, 0.3) is 0 Å². The van der Waals surface area contributed by atoms with Crippen molar-refractivity contribution in [2.75, 3.05) is 12.4 Å². The summed E-state index contributed by atoms with van der Waals surface area (Å²) in [6, 6.07) is 11.3. The van der Waals surface area contributed by atoms with E-state index in [2.05, 4.69) is 5.32 Å². The predicted octanol–water partition coefficient (Wildman–Crippen LogP) is 3.50. The first-order chi connectivity index (χ1) is 12.8. The Balaban J connectivity index is 1.85. The minimum atomic E-state index is -1.02. The fraction of sp³-hybridized carbons (Fsp3) is 0.250. The molecule has 2 aromatic rings. The Morgan fingerprint density at radius 3 is 2.59 bits per heavy atom. The molecule has 1 aliphatic rings. The van der Waals surface area contributed by atoms with Crippen LogP contribution in [-0.2, 0) is 9.59 Å². The lowest BCUT2D eigenvalue weighted by Gasteiger charge is -2.25. The average molecular weight is 387 g/mol. The summed E-state index contributed by atoms with van der Waals surface area (Å²) in [6.07, 6.45) is 0.103. The molecule has 0 saturated carbocycles. The van der Waals surface area contributed by atoms with Gasteiger partial charge in [0.25, 0.3) is 0 Å². The lowest BCUT2D eigenvalue weighted by Crippen LogP contribution is -2.30. The van der Waals surface area contributed by atoms with Crippen molar-refractivity contribution in [2.45, 2.75) is 19.4 Å². The molecule has 1 fully saturated rings. The van der Waals surface area contributed by atoms with Crippen LogP contribution in [0.15, 0.2) is 42.5 Å². The number of aromatic carboxylic acids is 1. The van der Waals surface area contributed by atoms with E-state index in [1.807, 2.05) is 6.07 Å². The molecule has 1 heterocycles. The van der Waals surface area contributed by atoms with Gasteiger partial charge in [0, 0.05) is 24.2 Å². The molecule has 0 spiro atoms. The second-order valence-corrected chi connectivity index (χ2v) is 7.08. The van der Waals surface area contributed by atoms with Crippen LogP contribution >= 0.6 is 11.6 Å². The molecule has 140 valence electrons. The Hall–Kier alpha value is -2.86. The van der Waals surface area contributed by atoms with E-state index >= 15 is 0 Å². The maximum Gasteiger partial charge on any atom is 0.335 e. The molecule has 2 atom stereocenters. The van der Waals surface area contributed by atoms with E-state index in [1.165, 1.54) is 6.07 Å². The van der Waals surface area contributed by atoms with Crippen LogP contribution in [-0.4, -0.2) is 34.8 Å². The molecular weight excluding hydrogens is 368 g/mol. The van der Waals surface area contributed by atoms with Crippen molar-refractivity contribution < 1.29 is 19.5 Å². The predicted molar refractivity (Wildman–Crippen MR) is 102 cm³/mol. The molecule has 0 radical (unpaired) electrons. The van der Waals surface area contributed by atoms with Crippen LogP contribution in [0.2, 0.25) is 5.02 Å². The third-order valence-corrected chi connectivity index (χ3v) is 5.07. The van der Waals surface area contributed by atoms with Gasteiger partial charge in [0.15, 0.2) is 0 Å². The summed E-state index contributed by atoms with van der Waals surface area (Å²) in [5.74, 6) is -1.99. The Bertz CT molecular complexity index is 928. The van der Waals surface area contributed by atoms with Crippen LogP contribution in [0.5, 0.6) is 0 Å². The van der Waals surface area contributed by atoms with Crippen LogP contribution in [0.1, 0.15) is 33.9 Å². The van der Waals surface area contributed by atoms with E-state index in [4.69, 9.17) is 16.7 Å². The summed E-state index contributed by atoms with van der Waals surface area (Å²) in [6.45, 7) is 1.67. The van der Waals surface area contributed by atoms with Crippen molar-refractivity contribution in [2.24, 2.45) is 5.92 Å². The van der Waals surface area contributed by atoms with Crippen LogP contribution < -0.4 is 5.32 Å². The summed E-state index contributed by atoms with van der Waals surface area (Å²) >= 11 is 6.07. The molecule has 2 N–H and O–H groups in total. The van der Waals surface area contributed by atoms with Crippen LogP contribution in [0.3, 0.4) is 0 Å². The number of nitrogens with zero attached hydrogens (tertiary/aromatic N) is 1. The third-order valence-electron chi connectivity index (χ3n) is 4.84. The third kappa shape index (κ3) is 3.80. The molecule has 0 bridgehead atoms. The Morgan fingerprint density at radius 1 is 1.22 bits per heavy atom. The molecule has 3 rings (SSSR count). The first-order valence-electron chi connectivity index (χ1n) is 8.44. The van der Waals surface area contributed by atoms with Gasteiger partial charge in [0.1, 0.15) is 0 Å². The van der Waals surface area contributed by atoms with Gasteiger partial charge in [-0.25, -0.2) is 4.79 Å². The number of rotatable bonds is 4. The molecule has 6 nitrogen and oxygen atoms in total. The maximum absolute atomic E-state index is 12.9. The highest BCUT2D eigenvalue weighted by Crippen LogP contribution is 2.38. The van der Waals surface area contributed by atoms with E-state index < -0.39 is 17.9 Å². The molecule has 1 saturated heterocycles. The second-order valence-electron chi connectivity index (χ2n) is 6.64. The van der Waals surface area contributed by atoms with E-state index in [0.717, 1.165) is 5.56 Å². The highest BCUT2D eigenvalue weighted by Gasteiger charge is 2.42. The normalized spacial score (nSPS) is 19.2. The first kappa shape index (κ1) is 18.9. The molecule has 0 aliphatic carbocycles. The lowest BCUT2D eigenvalue weighted by atomic mass is 9.92. The minimum absolute atomic E-state index is 0.103. The van der Waals surface area contributed by atoms with Crippen molar-refractivity contribution in [1.29, 1.82) is 0 Å². The van der Waals surface area contributed by atoms with E-state index in [1.54, 1.807) is 49.2 Å². The Morgan fingerprint density at radius 2 is 1.96 bits per heavy atom. The van der Waals surface area contributed by atoms with Crippen LogP contribution in [0.4, 0.5) is 5.69 Å². The minimum Gasteiger partial charge on any atom is -0.478 e. The molecule has 7 heteroatoms. The smallest absolute Gasteiger partial charge is 0.335 e. The standard InChI is InChI=1S/C20H19ClN2O4/c1-11-8-14(6-7-15(11)20(26)27)22-19(25)16-10-17(24)23(2)18(16)12-4-3-5-13(21)9-12/h3-9,16,18H,10H2,1-2H3,(H,22,25)(H,26,27). The van der Waals surface area contributed by atoms with Gasteiger partial charge in [-0.3, -0.25) is 9.59 Å². The van der Waals surface area contributed by atoms with Gasteiger partial charge in [-0.1, -0.05) is 23.7 Å². The lowest BCUT2D eigenvalue weighted by molar-refractivity contribution is -0.128. The molecule has 27 heavy (non-hydrogen) atoms. The fourth-order valence-electron chi connectivity index (χ4n) is 3.47. The number of hydrogen-bond donors (Lipinski definition) is 2. The fourth-order valence-corrected chi connectivity index (χ4v) is 3.67. The Kier molecular flexibility index (Phi) is 5.19. The van der Waals surface area contributed by atoms with E-state index in [-0.39, 0.29) is 23.8 Å². The topological polar surface area (TPSA) is 86.7 Å². The molecule has 2 aromatic carbocycles. The van der Waals surface area contributed by atoms with Gasteiger partial charge in [-0.2, -0.15) is 0 Å². The number of benzene rings is 2. The summed E-state index contributed by atoms with van der Waals surface area (Å²) in [5, 5.41) is 12.5. The zero-order chi connectivity index (χ0) is 19.7. The number of carbonyl (C=O) groups is 3. The van der Waals surface area contributed by atoms with Gasteiger partial charge in [-0.15, -0.1) is 0 Å². The second kappa shape index (κ2) is 7.40. The van der Waals surface area contributed by atoms with Crippen molar-refractivity contribution in [1.82, 2.24) is 4.90 Å². The average Bonchev–Trinajstić information content (AvgIpc) is 2.90. The zero-order valence-corrected chi connectivity index (χ0v) is 15.7. The van der Waals surface area contributed by atoms with Gasteiger partial charge in [0.05, 0.1) is 17.5 Å². The van der Waals surface area contributed by atoms with E-state index in [9.17, 15) is 14.4 Å². The van der Waals surface area contributed by atoms with Crippen molar-refractivity contribution in [3.63, 3.8) is 0 Å². The van der Waals surface area contributed by atoms with Crippen molar-refractivity contribution in [3.05, 3.63) is 64.2 Å². The van der Waals surface area contributed by atoms with Gasteiger partial charge in [0.2, 0.25) is 11.8 Å². The highest BCUT2D eigenvalue weighted by atomic mass is 35.5. The number of anilines is 1. The molecule has 2 amide bonds. The molecular formula is C20H19ClN2O4. The number of hydrogen-bond acceptors (Lipinski definition) is 3. The quantitative estimate of drug-likeness (QED) is 0.841. The highest BCUT2D eigenvalue weighted by molar-refractivity contribution is 6.30.